The number of nitrogens with zero attached hydrogens (tertiary/aromatic N) is 7. The molecule has 0 saturated heterocycles. The van der Waals surface area contributed by atoms with Crippen LogP contribution < -0.4 is 20.3 Å². The van der Waals surface area contributed by atoms with Crippen LogP contribution in [0, 0.1) is 18.3 Å². The van der Waals surface area contributed by atoms with E-state index in [1.54, 1.807) is 24.3 Å². The third kappa shape index (κ3) is 8.06. The van der Waals surface area contributed by atoms with E-state index in [4.69, 9.17) is 20.1 Å². The maximum atomic E-state index is 12.9. The average Bonchev–Trinajstić information content (AvgIpc) is 3.40. The smallest absolute Gasteiger partial charge is 0.279 e. The summed E-state index contributed by atoms with van der Waals surface area (Å²) < 4.78 is 1.98. The molecule has 0 unspecified atom stereocenters. The van der Waals surface area contributed by atoms with Crippen molar-refractivity contribution in [3.8, 4) is 6.07 Å². The van der Waals surface area contributed by atoms with E-state index in [9.17, 15) is 9.59 Å². The monoisotopic (exact) mass is 667 g/mol. The normalized spacial score (nSPS) is 16.9. The van der Waals surface area contributed by atoms with Gasteiger partial charge in [-0.1, -0.05) is 28.6 Å². The van der Waals surface area contributed by atoms with Gasteiger partial charge in [0.25, 0.3) is 11.8 Å². The van der Waals surface area contributed by atoms with Gasteiger partial charge in [-0.15, -0.1) is 0 Å². The van der Waals surface area contributed by atoms with Gasteiger partial charge in [0.2, 0.25) is 5.95 Å². The topological polar surface area (TPSA) is 150 Å². The first kappa shape index (κ1) is 34.3. The molecule has 48 heavy (non-hydrogen) atoms. The van der Waals surface area contributed by atoms with Crippen molar-refractivity contribution in [1.82, 2.24) is 19.9 Å². The molecule has 13 heteroatoms. The zero-order valence-electron chi connectivity index (χ0n) is 28.1. The second-order valence-electron chi connectivity index (χ2n) is 12.4. The van der Waals surface area contributed by atoms with E-state index in [0.717, 1.165) is 53.0 Å². The van der Waals surface area contributed by atoms with Crippen LogP contribution >= 0.6 is 11.3 Å². The number of anilines is 2. The first-order valence-corrected chi connectivity index (χ1v) is 16.8. The van der Waals surface area contributed by atoms with Crippen LogP contribution in [-0.2, 0) is 9.63 Å². The van der Waals surface area contributed by atoms with Crippen molar-refractivity contribution in [2.45, 2.75) is 71.5 Å². The molecule has 0 bridgehead atoms. The minimum Gasteiger partial charge on any atom is -0.385 e. The number of fused-ring (bicyclic) bond motifs is 1. The molecule has 2 N–H and O–H groups in total. The van der Waals surface area contributed by atoms with Crippen molar-refractivity contribution in [3.05, 3.63) is 75.0 Å². The number of carbonyl (C=O) groups excluding carboxylic acids is 2. The van der Waals surface area contributed by atoms with E-state index in [1.165, 1.54) is 11.3 Å². The lowest BCUT2D eigenvalue weighted by Gasteiger charge is -2.29. The summed E-state index contributed by atoms with van der Waals surface area (Å²) in [6.07, 6.45) is 3.42. The minimum atomic E-state index is -0.394. The lowest BCUT2D eigenvalue weighted by Crippen LogP contribution is -2.41. The fourth-order valence-corrected chi connectivity index (χ4v) is 7.04. The third-order valence-electron chi connectivity index (χ3n) is 8.22. The Morgan fingerprint density at radius 1 is 1.08 bits per heavy atom. The number of nitriles is 1. The molecule has 0 spiro atoms. The van der Waals surface area contributed by atoms with Crippen molar-refractivity contribution < 1.29 is 14.4 Å². The molecule has 4 aromatic rings. The second kappa shape index (κ2) is 15.2. The number of para-hydroxylation sites is 1. The maximum absolute atomic E-state index is 12.9. The number of oxime groups is 1. The highest BCUT2D eigenvalue weighted by molar-refractivity contribution is 7.11. The summed E-state index contributed by atoms with van der Waals surface area (Å²) in [7, 11) is 3.96. The number of rotatable bonds is 10. The molecular weight excluding hydrogens is 627 g/mol. The molecule has 250 valence electrons. The zero-order chi connectivity index (χ0) is 34.4. The molecule has 1 fully saturated rings. The quantitative estimate of drug-likeness (QED) is 0.170. The molecule has 12 nitrogen and oxygen atoms in total. The minimum absolute atomic E-state index is 0.0444. The first-order valence-electron chi connectivity index (χ1n) is 16.0. The third-order valence-corrected chi connectivity index (χ3v) is 9.49. The zero-order valence-corrected chi connectivity index (χ0v) is 29.0. The summed E-state index contributed by atoms with van der Waals surface area (Å²) in [4.78, 5) is 48.3. The van der Waals surface area contributed by atoms with Gasteiger partial charge in [-0.2, -0.15) is 15.2 Å². The van der Waals surface area contributed by atoms with Crippen molar-refractivity contribution in [1.29, 1.82) is 5.26 Å². The van der Waals surface area contributed by atoms with Gasteiger partial charge in [0.15, 0.2) is 11.4 Å². The van der Waals surface area contributed by atoms with Gasteiger partial charge in [-0.05, 0) is 89.8 Å². The summed E-state index contributed by atoms with van der Waals surface area (Å²) in [5, 5.41) is 20.9. The van der Waals surface area contributed by atoms with Crippen molar-refractivity contribution in [2.75, 3.05) is 30.9 Å². The lowest BCUT2D eigenvalue weighted by molar-refractivity contribution is -0.126. The molecule has 0 atom stereocenters. The predicted octanol–water partition coefficient (Wildman–Crippen LogP) is 5.34. The van der Waals surface area contributed by atoms with Gasteiger partial charge in [0.05, 0.1) is 27.7 Å². The number of aromatic nitrogens is 3. The molecule has 0 aliphatic heterocycles. The average molecular weight is 668 g/mol. The van der Waals surface area contributed by atoms with E-state index >= 15 is 0 Å². The molecule has 2 amide bonds. The number of hydrogen-bond donors (Lipinski definition) is 2. The molecule has 2 aromatic heterocycles. The Hall–Kier alpha value is -5.09. The van der Waals surface area contributed by atoms with Crippen LogP contribution in [0.15, 0.2) is 58.7 Å². The highest BCUT2D eigenvalue weighted by Crippen LogP contribution is 2.26. The standard InChI is InChI=1S/C35H41N9O3S/c1-21(2)44-23(4)31(48-35(44)41-33(46)25-13-11-24(19-36)12-14-25)22(3)42-47-20-30(45)37-26-15-17-27(18-16-26)38-34-39-29-10-8-7-9-28(29)32(40-34)43(5)6/h7-14,21,26-27H,15-18,20H2,1-6H3,(H,37,45)(H,38,39,40)/b41-35-,42-22+/t26-,27+. The van der Waals surface area contributed by atoms with Gasteiger partial charge in [-0.3, -0.25) is 9.59 Å². The van der Waals surface area contributed by atoms with E-state index < -0.39 is 5.91 Å². The Morgan fingerprint density at radius 2 is 1.77 bits per heavy atom. The molecule has 2 heterocycles. The Balaban J connectivity index is 1.15. The second-order valence-corrected chi connectivity index (χ2v) is 13.3. The summed E-state index contributed by atoms with van der Waals surface area (Å²) in [5.41, 5.74) is 3.26. The fourth-order valence-electron chi connectivity index (χ4n) is 5.85. The van der Waals surface area contributed by atoms with Gasteiger partial charge in [0, 0.05) is 48.9 Å². The first-order chi connectivity index (χ1) is 23.0. The largest absolute Gasteiger partial charge is 0.385 e. The van der Waals surface area contributed by atoms with Crippen LogP contribution in [0.3, 0.4) is 0 Å². The summed E-state index contributed by atoms with van der Waals surface area (Å²) in [5.74, 6) is 0.875. The highest BCUT2D eigenvalue weighted by atomic mass is 32.1. The van der Waals surface area contributed by atoms with Crippen LogP contribution in [0.1, 0.15) is 79.0 Å². The summed E-state index contributed by atoms with van der Waals surface area (Å²) in [6.45, 7) is 7.59. The van der Waals surface area contributed by atoms with Crippen LogP contribution in [0.4, 0.5) is 11.8 Å². The summed E-state index contributed by atoms with van der Waals surface area (Å²) >= 11 is 1.34. The van der Waals surface area contributed by atoms with Crippen LogP contribution in [0.5, 0.6) is 0 Å². The van der Waals surface area contributed by atoms with Gasteiger partial charge < -0.3 is 24.9 Å². The molecular formula is C35H41N9O3S. The van der Waals surface area contributed by atoms with E-state index in [1.807, 2.05) is 81.6 Å². The molecule has 1 aliphatic carbocycles. The van der Waals surface area contributed by atoms with E-state index in [-0.39, 0.29) is 30.6 Å². The van der Waals surface area contributed by atoms with Gasteiger partial charge >= 0.3 is 0 Å². The SMILES string of the molecule is C/C(=N\OCC(=O)N[C@H]1CC[C@@H](Nc2nc(N(C)C)c3ccccc3n2)CC1)c1s/c(=N\C(=O)c2ccc(C#N)cc2)n(C(C)C)c1C. The number of thiazole rings is 1. The lowest BCUT2D eigenvalue weighted by atomic mass is 9.91. The number of hydrogen-bond acceptors (Lipinski definition) is 10. The highest BCUT2D eigenvalue weighted by Gasteiger charge is 2.24. The number of nitrogens with one attached hydrogen (secondary N) is 2. The van der Waals surface area contributed by atoms with Crippen LogP contribution in [-0.4, -0.2) is 64.8 Å². The maximum Gasteiger partial charge on any atom is 0.279 e. The van der Waals surface area contributed by atoms with Crippen LogP contribution in [0.25, 0.3) is 10.9 Å². The molecule has 1 aliphatic rings. The summed E-state index contributed by atoms with van der Waals surface area (Å²) in [6, 6.07) is 16.8. The molecule has 1 saturated carbocycles. The Bertz CT molecular complexity index is 1930. The van der Waals surface area contributed by atoms with Gasteiger partial charge in [0.1, 0.15) is 5.82 Å². The Labute approximate surface area is 284 Å². The fraction of sp³-hybridized carbons (Fsp3) is 0.400. The van der Waals surface area contributed by atoms with E-state index in [0.29, 0.717) is 27.6 Å². The number of amides is 2. The Kier molecular flexibility index (Phi) is 10.9. The van der Waals surface area contributed by atoms with Crippen molar-refractivity contribution in [2.24, 2.45) is 10.1 Å². The molecule has 0 radical (unpaired) electrons. The van der Waals surface area contributed by atoms with E-state index in [2.05, 4.69) is 20.8 Å². The molecule has 2 aromatic carbocycles. The van der Waals surface area contributed by atoms with Crippen LogP contribution in [0.2, 0.25) is 0 Å². The number of carbonyl (C=O) groups is 2. The van der Waals surface area contributed by atoms with Crippen molar-refractivity contribution in [3.63, 3.8) is 0 Å². The molecule has 5 rings (SSSR count). The number of benzene rings is 2. The van der Waals surface area contributed by atoms with Crippen molar-refractivity contribution >= 4 is 51.5 Å². The predicted molar refractivity (Wildman–Crippen MR) is 188 cm³/mol. The van der Waals surface area contributed by atoms with Gasteiger partial charge in [-0.25, -0.2) is 4.98 Å². The Morgan fingerprint density at radius 3 is 2.44 bits per heavy atom.